The molecule has 0 fully saturated rings. The molecular formula is C14H20N2O5. The summed E-state index contributed by atoms with van der Waals surface area (Å²) in [6, 6.07) is 4.38. The maximum Gasteiger partial charge on any atom is 0.329 e. The van der Waals surface area contributed by atoms with Crippen molar-refractivity contribution in [3.63, 3.8) is 0 Å². The predicted octanol–water partition coefficient (Wildman–Crippen LogP) is 2.03. The highest BCUT2D eigenvalue weighted by Crippen LogP contribution is 2.29. The summed E-state index contributed by atoms with van der Waals surface area (Å²) in [6.07, 6.45) is 0. The lowest BCUT2D eigenvalue weighted by atomic mass is 10.1. The lowest BCUT2D eigenvalue weighted by Gasteiger charge is -2.31. The van der Waals surface area contributed by atoms with E-state index in [1.54, 1.807) is 18.2 Å². The zero-order valence-electron chi connectivity index (χ0n) is 12.8. The second-order valence-electron chi connectivity index (χ2n) is 4.92. The van der Waals surface area contributed by atoms with Crippen molar-refractivity contribution in [1.82, 2.24) is 4.90 Å². The number of carbonyl (C=O) groups excluding carboxylic acids is 1. The molecule has 2 N–H and O–H groups in total. The van der Waals surface area contributed by atoms with Crippen molar-refractivity contribution >= 4 is 17.7 Å². The van der Waals surface area contributed by atoms with Crippen LogP contribution in [0.5, 0.6) is 11.5 Å². The predicted molar refractivity (Wildman–Crippen MR) is 78.0 cm³/mol. The van der Waals surface area contributed by atoms with Gasteiger partial charge >= 0.3 is 12.0 Å². The van der Waals surface area contributed by atoms with Gasteiger partial charge in [0.2, 0.25) is 0 Å². The molecule has 21 heavy (non-hydrogen) atoms. The number of methoxy groups -OCH3 is 2. The van der Waals surface area contributed by atoms with Crippen LogP contribution in [-0.4, -0.2) is 48.8 Å². The number of carbonyl (C=O) groups is 2. The fraction of sp³-hybridized carbons (Fsp3) is 0.429. The molecule has 7 heteroatoms. The van der Waals surface area contributed by atoms with Crippen LogP contribution >= 0.6 is 0 Å². The van der Waals surface area contributed by atoms with Crippen LogP contribution in [0.1, 0.15) is 13.8 Å². The number of nitrogens with zero attached hydrogens (tertiary/aromatic N) is 1. The number of amides is 2. The molecule has 0 aliphatic heterocycles. The smallest absolute Gasteiger partial charge is 0.329 e. The van der Waals surface area contributed by atoms with E-state index in [4.69, 9.17) is 14.6 Å². The van der Waals surface area contributed by atoms with Gasteiger partial charge in [0.05, 0.1) is 19.9 Å². The van der Waals surface area contributed by atoms with Crippen LogP contribution in [0.15, 0.2) is 18.2 Å². The highest BCUT2D eigenvalue weighted by Gasteiger charge is 2.35. The van der Waals surface area contributed by atoms with Gasteiger partial charge in [-0.3, -0.25) is 0 Å². The second kappa shape index (κ2) is 6.34. The summed E-state index contributed by atoms with van der Waals surface area (Å²) in [5.41, 5.74) is -0.939. The largest absolute Gasteiger partial charge is 0.497 e. The van der Waals surface area contributed by atoms with Gasteiger partial charge in [-0.15, -0.1) is 0 Å². The van der Waals surface area contributed by atoms with Crippen molar-refractivity contribution in [2.45, 2.75) is 19.4 Å². The number of urea groups is 1. The average Bonchev–Trinajstić information content (AvgIpc) is 2.45. The molecule has 0 radical (unpaired) electrons. The fourth-order valence-corrected chi connectivity index (χ4v) is 1.51. The van der Waals surface area contributed by atoms with Crippen molar-refractivity contribution in [3.8, 4) is 11.5 Å². The molecule has 0 aliphatic carbocycles. The van der Waals surface area contributed by atoms with Crippen LogP contribution in [-0.2, 0) is 4.79 Å². The maximum atomic E-state index is 12.2. The normalized spacial score (nSPS) is 10.7. The third kappa shape index (κ3) is 3.56. The van der Waals surface area contributed by atoms with Crippen molar-refractivity contribution in [2.24, 2.45) is 0 Å². The molecule has 0 aliphatic rings. The van der Waals surface area contributed by atoms with Crippen LogP contribution in [0.4, 0.5) is 10.5 Å². The Bertz CT molecular complexity index is 542. The molecule has 0 bridgehead atoms. The Balaban J connectivity index is 3.00. The molecule has 0 saturated carbocycles. The molecule has 0 saturated heterocycles. The Labute approximate surface area is 123 Å². The summed E-state index contributed by atoms with van der Waals surface area (Å²) >= 11 is 0. The standard InChI is InChI=1S/C14H20N2O5/c1-14(2,12(17)18)16(3)13(19)15-10-8-9(20-4)6-7-11(10)21-5/h6-8H,1-5H3,(H,15,19)(H,17,18). The van der Waals surface area contributed by atoms with Crippen molar-refractivity contribution in [1.29, 1.82) is 0 Å². The number of benzene rings is 1. The van der Waals surface area contributed by atoms with E-state index in [2.05, 4.69) is 5.32 Å². The summed E-state index contributed by atoms with van der Waals surface area (Å²) in [5, 5.41) is 11.8. The molecule has 0 unspecified atom stereocenters. The van der Waals surface area contributed by atoms with E-state index in [0.29, 0.717) is 17.2 Å². The summed E-state index contributed by atoms with van der Waals surface area (Å²) < 4.78 is 10.2. The summed E-state index contributed by atoms with van der Waals surface area (Å²) in [4.78, 5) is 24.5. The minimum atomic E-state index is -1.34. The first-order chi connectivity index (χ1) is 9.73. The minimum absolute atomic E-state index is 0.398. The Hall–Kier alpha value is -2.44. The van der Waals surface area contributed by atoms with E-state index in [9.17, 15) is 9.59 Å². The van der Waals surface area contributed by atoms with E-state index in [0.717, 1.165) is 4.90 Å². The van der Waals surface area contributed by atoms with Gasteiger partial charge < -0.3 is 24.8 Å². The molecule has 7 nitrogen and oxygen atoms in total. The molecule has 1 rings (SSSR count). The van der Waals surface area contributed by atoms with Crippen molar-refractivity contribution in [3.05, 3.63) is 18.2 Å². The van der Waals surface area contributed by atoms with Gasteiger partial charge in [-0.1, -0.05) is 0 Å². The van der Waals surface area contributed by atoms with Crippen LogP contribution < -0.4 is 14.8 Å². The Kier molecular flexibility index (Phi) is 5.02. The number of rotatable bonds is 5. The van der Waals surface area contributed by atoms with Crippen LogP contribution in [0, 0.1) is 0 Å². The third-order valence-electron chi connectivity index (χ3n) is 3.31. The highest BCUT2D eigenvalue weighted by molar-refractivity contribution is 5.94. The van der Waals surface area contributed by atoms with Gasteiger partial charge in [-0.05, 0) is 26.0 Å². The molecule has 0 spiro atoms. The SMILES string of the molecule is COc1ccc(OC)c(NC(=O)N(C)C(C)(C)C(=O)O)c1. The first kappa shape index (κ1) is 16.6. The van der Waals surface area contributed by atoms with Crippen LogP contribution in [0.25, 0.3) is 0 Å². The number of hydrogen-bond acceptors (Lipinski definition) is 4. The molecule has 2 amide bonds. The monoisotopic (exact) mass is 296 g/mol. The van der Waals surface area contributed by atoms with Crippen LogP contribution in [0.2, 0.25) is 0 Å². The number of aliphatic carboxylic acids is 1. The van der Waals surface area contributed by atoms with Crippen molar-refractivity contribution < 1.29 is 24.2 Å². The summed E-state index contributed by atoms with van der Waals surface area (Å²) in [6.45, 7) is 2.88. The van der Waals surface area contributed by atoms with E-state index >= 15 is 0 Å². The number of likely N-dealkylation sites (N-methyl/N-ethyl adjacent to an activating group) is 1. The summed E-state index contributed by atoms with van der Waals surface area (Å²) in [7, 11) is 4.39. The molecular weight excluding hydrogens is 276 g/mol. The van der Waals surface area contributed by atoms with Gasteiger partial charge in [0, 0.05) is 13.1 Å². The number of nitrogens with one attached hydrogen (secondary N) is 1. The van der Waals surface area contributed by atoms with E-state index in [1.807, 2.05) is 0 Å². The quantitative estimate of drug-likeness (QED) is 0.868. The first-order valence-corrected chi connectivity index (χ1v) is 6.24. The van der Waals surface area contributed by atoms with E-state index in [-0.39, 0.29) is 0 Å². The van der Waals surface area contributed by atoms with Gasteiger partial charge in [0.1, 0.15) is 17.0 Å². The van der Waals surface area contributed by atoms with E-state index < -0.39 is 17.5 Å². The number of carboxylic acid groups (broad SMARTS) is 1. The number of ether oxygens (including phenoxy) is 2. The van der Waals surface area contributed by atoms with Gasteiger partial charge in [-0.25, -0.2) is 9.59 Å². The lowest BCUT2D eigenvalue weighted by Crippen LogP contribution is -2.52. The zero-order chi connectivity index (χ0) is 16.2. The first-order valence-electron chi connectivity index (χ1n) is 6.24. The number of carboxylic acids is 1. The average molecular weight is 296 g/mol. The number of anilines is 1. The minimum Gasteiger partial charge on any atom is -0.497 e. The second-order valence-corrected chi connectivity index (χ2v) is 4.92. The van der Waals surface area contributed by atoms with Gasteiger partial charge in [-0.2, -0.15) is 0 Å². The zero-order valence-corrected chi connectivity index (χ0v) is 12.8. The Morgan fingerprint density at radius 2 is 1.86 bits per heavy atom. The van der Waals surface area contributed by atoms with Crippen molar-refractivity contribution in [2.75, 3.05) is 26.6 Å². The number of hydrogen-bond donors (Lipinski definition) is 2. The fourth-order valence-electron chi connectivity index (χ4n) is 1.51. The Morgan fingerprint density at radius 1 is 1.24 bits per heavy atom. The van der Waals surface area contributed by atoms with E-state index in [1.165, 1.54) is 35.1 Å². The summed E-state index contributed by atoms with van der Waals surface area (Å²) in [5.74, 6) is -0.102. The molecule has 0 atom stereocenters. The molecule has 1 aromatic rings. The van der Waals surface area contributed by atoms with Crippen LogP contribution in [0.3, 0.4) is 0 Å². The Morgan fingerprint density at radius 3 is 2.33 bits per heavy atom. The molecule has 0 heterocycles. The third-order valence-corrected chi connectivity index (χ3v) is 3.31. The topological polar surface area (TPSA) is 88.1 Å². The molecule has 116 valence electrons. The molecule has 0 aromatic heterocycles. The van der Waals surface area contributed by atoms with Gasteiger partial charge in [0.15, 0.2) is 0 Å². The maximum absolute atomic E-state index is 12.2. The lowest BCUT2D eigenvalue weighted by molar-refractivity contribution is -0.146. The van der Waals surface area contributed by atoms with Gasteiger partial charge in [0.25, 0.3) is 0 Å². The molecule has 1 aromatic carbocycles. The highest BCUT2D eigenvalue weighted by atomic mass is 16.5.